The molecule has 0 spiro atoms. The van der Waals surface area contributed by atoms with Crippen molar-refractivity contribution in [1.82, 2.24) is 4.98 Å². The topological polar surface area (TPSA) is 76.4 Å². The zero-order chi connectivity index (χ0) is 21.8. The van der Waals surface area contributed by atoms with E-state index in [1.54, 1.807) is 37.6 Å². The lowest BCUT2D eigenvalue weighted by Crippen LogP contribution is -2.19. The van der Waals surface area contributed by atoms with E-state index in [-0.39, 0.29) is 6.03 Å². The number of rotatable bonds is 5. The van der Waals surface area contributed by atoms with Gasteiger partial charge in [-0.3, -0.25) is 0 Å². The van der Waals surface area contributed by atoms with E-state index in [9.17, 15) is 4.79 Å². The first-order chi connectivity index (χ1) is 15.0. The van der Waals surface area contributed by atoms with Crippen LogP contribution in [0.3, 0.4) is 0 Å². The molecule has 0 atom stereocenters. The van der Waals surface area contributed by atoms with Gasteiger partial charge >= 0.3 is 6.03 Å². The quantitative estimate of drug-likeness (QED) is 0.404. The maximum absolute atomic E-state index is 12.2. The summed E-state index contributed by atoms with van der Waals surface area (Å²) >= 11 is 0. The van der Waals surface area contributed by atoms with Crippen LogP contribution in [-0.2, 0) is 0 Å². The number of amides is 2. The molecule has 3 aromatic carbocycles. The average Bonchev–Trinajstić information content (AvgIpc) is 3.24. The molecule has 1 heterocycles. The minimum Gasteiger partial charge on any atom is -0.497 e. The number of aryl methyl sites for hydroxylation is 2. The van der Waals surface area contributed by atoms with E-state index in [0.29, 0.717) is 17.3 Å². The van der Waals surface area contributed by atoms with Gasteiger partial charge in [0.05, 0.1) is 7.11 Å². The summed E-state index contributed by atoms with van der Waals surface area (Å²) in [5.74, 6) is 1.26. The Hall–Kier alpha value is -4.06. The molecule has 0 radical (unpaired) electrons. The molecule has 0 bridgehead atoms. The van der Waals surface area contributed by atoms with Crippen molar-refractivity contribution >= 4 is 17.4 Å². The summed E-state index contributed by atoms with van der Waals surface area (Å²) in [7, 11) is 1.60. The fourth-order valence-corrected chi connectivity index (χ4v) is 3.29. The number of nitrogens with one attached hydrogen (secondary N) is 2. The number of nitrogens with zero attached hydrogens (tertiary/aromatic N) is 1. The number of oxazole rings is 1. The highest BCUT2D eigenvalue weighted by Crippen LogP contribution is 2.28. The third-order valence-electron chi connectivity index (χ3n) is 4.90. The fraction of sp³-hybridized carbons (Fsp3) is 0.120. The summed E-state index contributed by atoms with van der Waals surface area (Å²) in [4.78, 5) is 16.8. The number of urea groups is 1. The smallest absolute Gasteiger partial charge is 0.323 e. The lowest BCUT2D eigenvalue weighted by atomic mass is 10.0. The maximum Gasteiger partial charge on any atom is 0.323 e. The average molecular weight is 413 g/mol. The first-order valence-electron chi connectivity index (χ1n) is 9.87. The van der Waals surface area contributed by atoms with Crippen LogP contribution in [0.4, 0.5) is 16.2 Å². The number of ether oxygens (including phenoxy) is 1. The number of benzene rings is 3. The summed E-state index contributed by atoms with van der Waals surface area (Å²) in [6.45, 7) is 4.13. The fourth-order valence-electron chi connectivity index (χ4n) is 3.29. The Kier molecular flexibility index (Phi) is 5.71. The minimum absolute atomic E-state index is 0.328. The van der Waals surface area contributed by atoms with Crippen LogP contribution < -0.4 is 15.4 Å². The highest BCUT2D eigenvalue weighted by molar-refractivity contribution is 5.99. The summed E-state index contributed by atoms with van der Waals surface area (Å²) in [5.41, 5.74) is 6.38. The number of carbonyl (C=O) groups excluding carboxylic acids is 1. The van der Waals surface area contributed by atoms with Crippen LogP contribution in [0, 0.1) is 13.8 Å². The number of hydrogen-bond acceptors (Lipinski definition) is 4. The number of hydrogen-bond donors (Lipinski definition) is 2. The lowest BCUT2D eigenvalue weighted by molar-refractivity contribution is 0.262. The Morgan fingerprint density at radius 1 is 0.903 bits per heavy atom. The molecule has 0 aliphatic heterocycles. The van der Waals surface area contributed by atoms with Gasteiger partial charge in [-0.1, -0.05) is 23.8 Å². The first-order valence-corrected chi connectivity index (χ1v) is 9.87. The van der Waals surface area contributed by atoms with E-state index < -0.39 is 0 Å². The van der Waals surface area contributed by atoms with Crippen LogP contribution in [0.2, 0.25) is 0 Å². The molecule has 0 unspecified atom stereocenters. The molecule has 0 saturated heterocycles. The Labute approximate surface area is 180 Å². The van der Waals surface area contributed by atoms with Crippen LogP contribution in [0.5, 0.6) is 5.75 Å². The van der Waals surface area contributed by atoms with Gasteiger partial charge in [-0.05, 0) is 67.9 Å². The molecule has 2 amide bonds. The van der Waals surface area contributed by atoms with Gasteiger partial charge in [0.2, 0.25) is 5.89 Å². The Morgan fingerprint density at radius 3 is 2.16 bits per heavy atom. The highest BCUT2D eigenvalue weighted by atomic mass is 16.5. The summed E-state index contributed by atoms with van der Waals surface area (Å²) < 4.78 is 10.8. The zero-order valence-electron chi connectivity index (χ0n) is 17.6. The molecular weight excluding hydrogens is 390 g/mol. The third-order valence-corrected chi connectivity index (χ3v) is 4.90. The second-order valence-electron chi connectivity index (χ2n) is 7.24. The predicted octanol–water partition coefficient (Wildman–Crippen LogP) is 6.28. The van der Waals surface area contributed by atoms with Crippen molar-refractivity contribution < 1.29 is 13.9 Å². The molecule has 156 valence electrons. The number of carbonyl (C=O) groups is 1. The van der Waals surface area contributed by atoms with Crippen LogP contribution in [0.1, 0.15) is 11.1 Å². The Morgan fingerprint density at radius 2 is 1.55 bits per heavy atom. The largest absolute Gasteiger partial charge is 0.497 e. The SMILES string of the molecule is COc1ccc(NC(=O)Nc2ccc(-c3nc(-c4ccc(C)cc4C)co3)cc2)cc1. The van der Waals surface area contributed by atoms with Crippen molar-refractivity contribution in [1.29, 1.82) is 0 Å². The van der Waals surface area contributed by atoms with Crippen molar-refractivity contribution in [2.24, 2.45) is 0 Å². The summed E-state index contributed by atoms with van der Waals surface area (Å²) in [6, 6.07) is 20.4. The van der Waals surface area contributed by atoms with E-state index in [1.165, 1.54) is 5.56 Å². The van der Waals surface area contributed by atoms with Crippen molar-refractivity contribution in [3.63, 3.8) is 0 Å². The lowest BCUT2D eigenvalue weighted by Gasteiger charge is -2.08. The molecule has 4 aromatic rings. The third kappa shape index (κ3) is 4.75. The number of methoxy groups -OCH3 is 1. The van der Waals surface area contributed by atoms with Crippen LogP contribution in [0.15, 0.2) is 77.4 Å². The van der Waals surface area contributed by atoms with Crippen molar-refractivity contribution in [3.05, 3.63) is 84.1 Å². The molecule has 6 nitrogen and oxygen atoms in total. The Bertz CT molecular complexity index is 1200. The molecule has 31 heavy (non-hydrogen) atoms. The first kappa shape index (κ1) is 20.2. The molecule has 4 rings (SSSR count). The van der Waals surface area contributed by atoms with Gasteiger partial charge in [0.1, 0.15) is 17.7 Å². The van der Waals surface area contributed by atoms with Gasteiger partial charge in [-0.15, -0.1) is 0 Å². The summed E-state index contributed by atoms with van der Waals surface area (Å²) in [6.07, 6.45) is 1.67. The Balaban J connectivity index is 1.42. The second kappa shape index (κ2) is 8.75. The van der Waals surface area contributed by atoms with E-state index in [4.69, 9.17) is 9.15 Å². The van der Waals surface area contributed by atoms with Crippen LogP contribution >= 0.6 is 0 Å². The van der Waals surface area contributed by atoms with Crippen LogP contribution in [0.25, 0.3) is 22.7 Å². The maximum atomic E-state index is 12.2. The van der Waals surface area contributed by atoms with E-state index in [1.807, 2.05) is 24.3 Å². The molecule has 1 aromatic heterocycles. The molecular formula is C25H23N3O3. The molecule has 2 N–H and O–H groups in total. The normalized spacial score (nSPS) is 10.5. The number of aromatic nitrogens is 1. The molecule has 0 aliphatic carbocycles. The molecule has 0 saturated carbocycles. The van der Waals surface area contributed by atoms with Gasteiger partial charge in [-0.2, -0.15) is 0 Å². The van der Waals surface area contributed by atoms with Crippen molar-refractivity contribution in [2.75, 3.05) is 17.7 Å². The van der Waals surface area contributed by atoms with Crippen molar-refractivity contribution in [3.8, 4) is 28.5 Å². The van der Waals surface area contributed by atoms with Crippen molar-refractivity contribution in [2.45, 2.75) is 13.8 Å². The van der Waals surface area contributed by atoms with E-state index in [0.717, 1.165) is 28.1 Å². The molecule has 0 fully saturated rings. The van der Waals surface area contributed by atoms with Gasteiger partial charge in [0.25, 0.3) is 0 Å². The molecule has 6 heteroatoms. The van der Waals surface area contributed by atoms with Gasteiger partial charge in [-0.25, -0.2) is 9.78 Å². The monoisotopic (exact) mass is 413 g/mol. The van der Waals surface area contributed by atoms with Gasteiger partial charge in [0, 0.05) is 22.5 Å². The van der Waals surface area contributed by atoms with Gasteiger partial charge < -0.3 is 19.8 Å². The predicted molar refractivity (Wildman–Crippen MR) is 122 cm³/mol. The summed E-state index contributed by atoms with van der Waals surface area (Å²) in [5, 5.41) is 5.59. The van der Waals surface area contributed by atoms with E-state index in [2.05, 4.69) is 47.7 Å². The standard InChI is InChI=1S/C25H23N3O3/c1-16-4-13-22(17(2)14-16)23-15-31-24(28-23)18-5-7-19(8-6-18)26-25(29)27-20-9-11-21(30-3)12-10-20/h4-15H,1-3H3,(H2,26,27,29). The zero-order valence-corrected chi connectivity index (χ0v) is 17.6. The second-order valence-corrected chi connectivity index (χ2v) is 7.24. The van der Waals surface area contributed by atoms with Crippen LogP contribution in [-0.4, -0.2) is 18.1 Å². The van der Waals surface area contributed by atoms with Gasteiger partial charge in [0.15, 0.2) is 0 Å². The molecule has 0 aliphatic rings. The highest BCUT2D eigenvalue weighted by Gasteiger charge is 2.11. The minimum atomic E-state index is -0.328. The number of anilines is 2. The van der Waals surface area contributed by atoms with E-state index >= 15 is 0 Å².